The average Bonchev–Trinajstić information content (AvgIpc) is 2.30. The van der Waals surface area contributed by atoms with Gasteiger partial charge in [-0.15, -0.1) is 0 Å². The van der Waals surface area contributed by atoms with Crippen molar-refractivity contribution < 1.29 is 4.74 Å². The quantitative estimate of drug-likeness (QED) is 0.803. The number of nitrogen functional groups attached to an aromatic ring is 1. The summed E-state index contributed by atoms with van der Waals surface area (Å²) in [5.74, 6) is 0.954. The van der Waals surface area contributed by atoms with Crippen molar-refractivity contribution >= 4 is 5.82 Å². The molecule has 4 nitrogen and oxygen atoms in total. The number of hydrogen-bond acceptors (Lipinski definition) is 4. The van der Waals surface area contributed by atoms with Gasteiger partial charge in [0.15, 0.2) is 11.6 Å². The summed E-state index contributed by atoms with van der Waals surface area (Å²) in [5, 5.41) is 0. The number of nitrogens with zero attached hydrogens (tertiary/aromatic N) is 2. The third kappa shape index (κ3) is 1.88. The minimum Gasteiger partial charge on any atom is -0.493 e. The Morgan fingerprint density at radius 1 is 1.13 bits per heavy atom. The number of methoxy groups -OCH3 is 1. The van der Waals surface area contributed by atoms with Crippen LogP contribution in [-0.4, -0.2) is 17.1 Å². The Morgan fingerprint density at radius 3 is 2.60 bits per heavy atom. The molecule has 0 radical (unpaired) electrons. The number of hydrogen-bond donors (Lipinski definition) is 1. The summed E-state index contributed by atoms with van der Waals surface area (Å²) in [4.78, 5) is 8.39. The van der Waals surface area contributed by atoms with Crippen LogP contribution in [0.2, 0.25) is 0 Å². The second kappa shape index (κ2) is 3.96. The predicted octanol–water partition coefficient (Wildman–Crippen LogP) is 1.73. The Morgan fingerprint density at radius 2 is 2.00 bits per heavy atom. The molecule has 2 N–H and O–H groups in total. The number of nitrogens with two attached hydrogens (primary N) is 1. The second-order valence-corrected chi connectivity index (χ2v) is 3.00. The van der Waals surface area contributed by atoms with E-state index in [-0.39, 0.29) is 0 Å². The molecule has 2 aromatic heterocycles. The molecule has 2 heterocycles. The SMILES string of the molecule is COc1ccc(-c2ccccn2)nc1N. The van der Waals surface area contributed by atoms with Crippen LogP contribution < -0.4 is 10.5 Å². The third-order valence-electron chi connectivity index (χ3n) is 2.03. The molecule has 0 aliphatic carbocycles. The van der Waals surface area contributed by atoms with Crippen molar-refractivity contribution in [3.63, 3.8) is 0 Å². The van der Waals surface area contributed by atoms with E-state index in [1.54, 1.807) is 19.4 Å². The van der Waals surface area contributed by atoms with Crippen molar-refractivity contribution in [2.75, 3.05) is 12.8 Å². The Hall–Kier alpha value is -2.10. The second-order valence-electron chi connectivity index (χ2n) is 3.00. The van der Waals surface area contributed by atoms with E-state index < -0.39 is 0 Å². The fraction of sp³-hybridized carbons (Fsp3) is 0.0909. The Labute approximate surface area is 87.7 Å². The molecule has 0 amide bonds. The maximum absolute atomic E-state index is 5.71. The molecular weight excluding hydrogens is 190 g/mol. The van der Waals surface area contributed by atoms with E-state index in [9.17, 15) is 0 Å². The van der Waals surface area contributed by atoms with Gasteiger partial charge in [-0.25, -0.2) is 4.98 Å². The average molecular weight is 201 g/mol. The van der Waals surface area contributed by atoms with Crippen LogP contribution in [-0.2, 0) is 0 Å². The number of ether oxygens (including phenoxy) is 1. The maximum Gasteiger partial charge on any atom is 0.166 e. The van der Waals surface area contributed by atoms with Crippen molar-refractivity contribution in [1.82, 2.24) is 9.97 Å². The lowest BCUT2D eigenvalue weighted by Gasteiger charge is -2.05. The van der Waals surface area contributed by atoms with Crippen LogP contribution in [0.3, 0.4) is 0 Å². The molecule has 0 atom stereocenters. The summed E-state index contributed by atoms with van der Waals surface area (Å²) in [6.45, 7) is 0. The number of aromatic nitrogens is 2. The number of pyridine rings is 2. The summed E-state index contributed by atoms with van der Waals surface area (Å²) in [5.41, 5.74) is 7.25. The molecule has 0 bridgehead atoms. The van der Waals surface area contributed by atoms with E-state index in [0.717, 1.165) is 11.4 Å². The normalized spacial score (nSPS) is 9.93. The van der Waals surface area contributed by atoms with Gasteiger partial charge in [0.05, 0.1) is 18.5 Å². The number of anilines is 1. The van der Waals surface area contributed by atoms with Crippen LogP contribution in [0, 0.1) is 0 Å². The van der Waals surface area contributed by atoms with Gasteiger partial charge in [-0.3, -0.25) is 4.98 Å². The van der Waals surface area contributed by atoms with E-state index in [4.69, 9.17) is 10.5 Å². The lowest BCUT2D eigenvalue weighted by Crippen LogP contribution is -1.97. The van der Waals surface area contributed by atoms with Crippen molar-refractivity contribution in [3.8, 4) is 17.1 Å². The van der Waals surface area contributed by atoms with Gasteiger partial charge in [0, 0.05) is 6.20 Å². The zero-order valence-electron chi connectivity index (χ0n) is 8.34. The van der Waals surface area contributed by atoms with Crippen LogP contribution >= 0.6 is 0 Å². The monoisotopic (exact) mass is 201 g/mol. The Bertz CT molecular complexity index is 457. The van der Waals surface area contributed by atoms with Gasteiger partial charge in [-0.1, -0.05) is 6.07 Å². The summed E-state index contributed by atoms with van der Waals surface area (Å²) < 4.78 is 5.03. The van der Waals surface area contributed by atoms with E-state index in [1.807, 2.05) is 24.3 Å². The van der Waals surface area contributed by atoms with Gasteiger partial charge < -0.3 is 10.5 Å². The molecule has 0 aromatic carbocycles. The highest BCUT2D eigenvalue weighted by Crippen LogP contribution is 2.22. The Balaban J connectivity index is 2.43. The standard InChI is InChI=1S/C11H11N3O/c1-15-10-6-5-9(14-11(10)12)8-4-2-3-7-13-8/h2-7H,1H3,(H2,12,14). The molecule has 76 valence electrons. The first-order valence-corrected chi connectivity index (χ1v) is 4.53. The molecule has 0 saturated heterocycles. The van der Waals surface area contributed by atoms with E-state index in [1.165, 1.54) is 0 Å². The molecule has 2 rings (SSSR count). The van der Waals surface area contributed by atoms with Gasteiger partial charge in [-0.05, 0) is 24.3 Å². The van der Waals surface area contributed by atoms with E-state index >= 15 is 0 Å². The van der Waals surface area contributed by atoms with Gasteiger partial charge in [0.1, 0.15) is 0 Å². The van der Waals surface area contributed by atoms with Crippen LogP contribution in [0.4, 0.5) is 5.82 Å². The number of rotatable bonds is 2. The van der Waals surface area contributed by atoms with Gasteiger partial charge in [0.25, 0.3) is 0 Å². The molecule has 0 spiro atoms. The lowest BCUT2D eigenvalue weighted by atomic mass is 10.2. The lowest BCUT2D eigenvalue weighted by molar-refractivity contribution is 0.415. The van der Waals surface area contributed by atoms with E-state index in [0.29, 0.717) is 11.6 Å². The molecule has 4 heteroatoms. The first-order valence-electron chi connectivity index (χ1n) is 4.53. The van der Waals surface area contributed by atoms with Gasteiger partial charge >= 0.3 is 0 Å². The third-order valence-corrected chi connectivity index (χ3v) is 2.03. The van der Waals surface area contributed by atoms with Crippen molar-refractivity contribution in [2.24, 2.45) is 0 Å². The minimum absolute atomic E-state index is 0.376. The van der Waals surface area contributed by atoms with Gasteiger partial charge in [-0.2, -0.15) is 0 Å². The molecule has 0 saturated carbocycles. The molecule has 0 unspecified atom stereocenters. The highest BCUT2D eigenvalue weighted by Gasteiger charge is 2.04. The predicted molar refractivity (Wildman–Crippen MR) is 58.4 cm³/mol. The molecule has 15 heavy (non-hydrogen) atoms. The van der Waals surface area contributed by atoms with E-state index in [2.05, 4.69) is 9.97 Å². The Kier molecular flexibility index (Phi) is 2.49. The minimum atomic E-state index is 0.376. The van der Waals surface area contributed by atoms with Crippen molar-refractivity contribution in [1.29, 1.82) is 0 Å². The first kappa shape index (κ1) is 9.45. The topological polar surface area (TPSA) is 61.0 Å². The van der Waals surface area contributed by atoms with Crippen LogP contribution in [0.25, 0.3) is 11.4 Å². The van der Waals surface area contributed by atoms with Crippen LogP contribution in [0.15, 0.2) is 36.5 Å². The zero-order valence-corrected chi connectivity index (χ0v) is 8.34. The maximum atomic E-state index is 5.71. The molecule has 2 aromatic rings. The molecular formula is C11H11N3O. The first-order chi connectivity index (χ1) is 7.31. The fourth-order valence-corrected chi connectivity index (χ4v) is 1.29. The van der Waals surface area contributed by atoms with Crippen molar-refractivity contribution in [3.05, 3.63) is 36.5 Å². The van der Waals surface area contributed by atoms with Crippen molar-refractivity contribution in [2.45, 2.75) is 0 Å². The summed E-state index contributed by atoms with van der Waals surface area (Å²) >= 11 is 0. The molecule has 0 aliphatic heterocycles. The summed E-state index contributed by atoms with van der Waals surface area (Å²) in [6, 6.07) is 9.26. The fourth-order valence-electron chi connectivity index (χ4n) is 1.29. The smallest absolute Gasteiger partial charge is 0.166 e. The van der Waals surface area contributed by atoms with Crippen LogP contribution in [0.1, 0.15) is 0 Å². The highest BCUT2D eigenvalue weighted by molar-refractivity contribution is 5.59. The van der Waals surface area contributed by atoms with Crippen LogP contribution in [0.5, 0.6) is 5.75 Å². The highest BCUT2D eigenvalue weighted by atomic mass is 16.5. The summed E-state index contributed by atoms with van der Waals surface area (Å²) in [6.07, 6.45) is 1.72. The molecule has 0 aliphatic rings. The summed E-state index contributed by atoms with van der Waals surface area (Å²) in [7, 11) is 1.56. The molecule has 0 fully saturated rings. The largest absolute Gasteiger partial charge is 0.493 e. The van der Waals surface area contributed by atoms with Gasteiger partial charge in [0.2, 0.25) is 0 Å². The zero-order chi connectivity index (χ0) is 10.7.